The van der Waals surface area contributed by atoms with Crippen LogP contribution in [0.5, 0.6) is 0 Å². The second-order valence-corrected chi connectivity index (χ2v) is 7.46. The topological polar surface area (TPSA) is 93.2 Å². The van der Waals surface area contributed by atoms with Crippen molar-refractivity contribution in [3.63, 3.8) is 0 Å². The van der Waals surface area contributed by atoms with Crippen molar-refractivity contribution in [3.8, 4) is 0 Å². The smallest absolute Gasteiger partial charge is 0.260 e. The first-order chi connectivity index (χ1) is 9.47. The van der Waals surface area contributed by atoms with Crippen LogP contribution in [-0.4, -0.2) is 48.5 Å². The van der Waals surface area contributed by atoms with Gasteiger partial charge in [-0.2, -0.15) is 0 Å². The van der Waals surface area contributed by atoms with Crippen molar-refractivity contribution >= 4 is 15.8 Å². The fourth-order valence-electron chi connectivity index (χ4n) is 2.86. The average Bonchev–Trinajstić information content (AvgIpc) is 3.03. The molecular weight excluding hydrogens is 278 g/mol. The standard InChI is InChI=1S/C12H21N5O2S/c1-16-8-14-11(13)12(16)20(18,19)15-6-9-4-5-17(7-9)10-2-3-10/h8-10,15H,2-7,13H2,1H3. The van der Waals surface area contributed by atoms with Crippen LogP contribution in [0.1, 0.15) is 19.3 Å². The highest BCUT2D eigenvalue weighted by Gasteiger charge is 2.34. The largest absolute Gasteiger partial charge is 0.381 e. The van der Waals surface area contributed by atoms with E-state index < -0.39 is 10.0 Å². The molecule has 0 bridgehead atoms. The number of hydrogen-bond donors (Lipinski definition) is 2. The van der Waals surface area contributed by atoms with Crippen molar-refractivity contribution in [1.29, 1.82) is 0 Å². The summed E-state index contributed by atoms with van der Waals surface area (Å²) < 4.78 is 28.6. The summed E-state index contributed by atoms with van der Waals surface area (Å²) in [6, 6.07) is 0.754. The molecular formula is C12H21N5O2S. The van der Waals surface area contributed by atoms with Gasteiger partial charge in [0, 0.05) is 26.2 Å². The molecule has 2 fully saturated rings. The first kappa shape index (κ1) is 13.8. The van der Waals surface area contributed by atoms with Gasteiger partial charge in [0.05, 0.1) is 6.33 Å². The highest BCUT2D eigenvalue weighted by atomic mass is 32.2. The highest BCUT2D eigenvalue weighted by molar-refractivity contribution is 7.89. The molecule has 0 aromatic carbocycles. The molecule has 8 heteroatoms. The number of rotatable bonds is 5. The lowest BCUT2D eigenvalue weighted by atomic mass is 10.1. The van der Waals surface area contributed by atoms with Crippen molar-refractivity contribution in [2.45, 2.75) is 30.3 Å². The van der Waals surface area contributed by atoms with Gasteiger partial charge in [0.2, 0.25) is 0 Å². The third-order valence-electron chi connectivity index (χ3n) is 4.11. The summed E-state index contributed by atoms with van der Waals surface area (Å²) in [6.45, 7) is 2.55. The van der Waals surface area contributed by atoms with Crippen molar-refractivity contribution < 1.29 is 8.42 Å². The molecule has 1 aliphatic heterocycles. The van der Waals surface area contributed by atoms with E-state index in [1.54, 1.807) is 7.05 Å². The van der Waals surface area contributed by atoms with Crippen LogP contribution >= 0.6 is 0 Å². The molecule has 2 aliphatic rings. The summed E-state index contributed by atoms with van der Waals surface area (Å²) in [6.07, 6.45) is 5.06. The number of nitrogens with zero attached hydrogens (tertiary/aromatic N) is 3. The normalized spacial score (nSPS) is 24.4. The van der Waals surface area contributed by atoms with Crippen LogP contribution in [0.3, 0.4) is 0 Å². The van der Waals surface area contributed by atoms with E-state index in [1.807, 2.05) is 0 Å². The summed E-state index contributed by atoms with van der Waals surface area (Å²) in [4.78, 5) is 6.29. The molecule has 3 rings (SSSR count). The molecule has 0 radical (unpaired) electrons. The maximum Gasteiger partial charge on any atom is 0.260 e. The zero-order valence-electron chi connectivity index (χ0n) is 11.6. The van der Waals surface area contributed by atoms with Crippen LogP contribution in [0.4, 0.5) is 5.82 Å². The zero-order chi connectivity index (χ0) is 14.3. The predicted octanol–water partition coefficient (Wildman–Crippen LogP) is -0.235. The van der Waals surface area contributed by atoms with Crippen LogP contribution in [0.25, 0.3) is 0 Å². The molecule has 7 nitrogen and oxygen atoms in total. The van der Waals surface area contributed by atoms with Crippen LogP contribution in [-0.2, 0) is 17.1 Å². The zero-order valence-corrected chi connectivity index (χ0v) is 12.4. The van der Waals surface area contributed by atoms with E-state index in [4.69, 9.17) is 5.73 Å². The van der Waals surface area contributed by atoms with Gasteiger partial charge in [-0.15, -0.1) is 0 Å². The second kappa shape index (κ2) is 5.01. The lowest BCUT2D eigenvalue weighted by Gasteiger charge is -2.15. The molecule has 1 aliphatic carbocycles. The molecule has 1 saturated carbocycles. The van der Waals surface area contributed by atoms with Crippen LogP contribution in [0.15, 0.2) is 11.4 Å². The first-order valence-corrected chi connectivity index (χ1v) is 8.46. The average molecular weight is 299 g/mol. The molecule has 1 atom stereocenters. The number of likely N-dealkylation sites (tertiary alicyclic amines) is 1. The maximum atomic E-state index is 12.3. The minimum atomic E-state index is -3.58. The van der Waals surface area contributed by atoms with Gasteiger partial charge in [-0.3, -0.25) is 0 Å². The Kier molecular flexibility index (Phi) is 3.47. The number of nitrogens with two attached hydrogens (primary N) is 1. The van der Waals surface area contributed by atoms with Gasteiger partial charge < -0.3 is 15.2 Å². The SMILES string of the molecule is Cn1cnc(N)c1S(=O)(=O)NCC1CCN(C2CC2)C1. The lowest BCUT2D eigenvalue weighted by Crippen LogP contribution is -2.32. The van der Waals surface area contributed by atoms with Gasteiger partial charge >= 0.3 is 0 Å². The van der Waals surface area contributed by atoms with E-state index >= 15 is 0 Å². The van der Waals surface area contributed by atoms with Crippen molar-refractivity contribution in [2.24, 2.45) is 13.0 Å². The monoisotopic (exact) mass is 299 g/mol. The number of hydrogen-bond acceptors (Lipinski definition) is 5. The maximum absolute atomic E-state index is 12.3. The van der Waals surface area contributed by atoms with Crippen molar-refractivity contribution in [2.75, 3.05) is 25.4 Å². The van der Waals surface area contributed by atoms with E-state index in [1.165, 1.54) is 23.7 Å². The Labute approximate surface area is 119 Å². The Morgan fingerprint density at radius 3 is 2.80 bits per heavy atom. The van der Waals surface area contributed by atoms with Crippen molar-refractivity contribution in [1.82, 2.24) is 19.2 Å². The van der Waals surface area contributed by atoms with Gasteiger partial charge in [-0.05, 0) is 31.7 Å². The van der Waals surface area contributed by atoms with Gasteiger partial charge in [-0.25, -0.2) is 18.1 Å². The lowest BCUT2D eigenvalue weighted by molar-refractivity contribution is 0.314. The third-order valence-corrected chi connectivity index (χ3v) is 5.66. The summed E-state index contributed by atoms with van der Waals surface area (Å²) in [5, 5.41) is 0.0505. The van der Waals surface area contributed by atoms with Gasteiger partial charge in [0.1, 0.15) is 0 Å². The van der Waals surface area contributed by atoms with E-state index in [9.17, 15) is 8.42 Å². The van der Waals surface area contributed by atoms with Crippen molar-refractivity contribution in [3.05, 3.63) is 6.33 Å². The molecule has 1 aromatic rings. The summed E-state index contributed by atoms with van der Waals surface area (Å²) in [7, 11) is -1.95. The molecule has 0 spiro atoms. The Morgan fingerprint density at radius 1 is 1.45 bits per heavy atom. The molecule has 3 N–H and O–H groups in total. The highest BCUT2D eigenvalue weighted by Crippen LogP contribution is 2.31. The fourth-order valence-corrected chi connectivity index (χ4v) is 4.21. The fraction of sp³-hybridized carbons (Fsp3) is 0.750. The Balaban J connectivity index is 1.60. The van der Waals surface area contributed by atoms with Gasteiger partial charge in [-0.1, -0.05) is 0 Å². The molecule has 1 aromatic heterocycles. The molecule has 1 unspecified atom stereocenters. The Hall–Kier alpha value is -1.12. The quantitative estimate of drug-likeness (QED) is 0.783. The van der Waals surface area contributed by atoms with E-state index in [0.29, 0.717) is 12.5 Å². The number of aromatic nitrogens is 2. The summed E-state index contributed by atoms with van der Waals surface area (Å²) >= 11 is 0. The minimum Gasteiger partial charge on any atom is -0.381 e. The minimum absolute atomic E-state index is 0.0472. The molecule has 0 amide bonds. The predicted molar refractivity (Wildman–Crippen MR) is 75.5 cm³/mol. The number of nitrogens with one attached hydrogen (secondary N) is 1. The Morgan fingerprint density at radius 2 is 2.20 bits per heavy atom. The summed E-state index contributed by atoms with van der Waals surface area (Å²) in [5.41, 5.74) is 5.62. The van der Waals surface area contributed by atoms with Crippen LogP contribution < -0.4 is 10.5 Å². The van der Waals surface area contributed by atoms with E-state index in [0.717, 1.165) is 25.6 Å². The van der Waals surface area contributed by atoms with Gasteiger partial charge in [0.15, 0.2) is 10.8 Å². The molecule has 2 heterocycles. The Bertz CT molecular complexity index is 573. The van der Waals surface area contributed by atoms with Crippen LogP contribution in [0, 0.1) is 5.92 Å². The molecule has 112 valence electrons. The van der Waals surface area contributed by atoms with Crippen LogP contribution in [0.2, 0.25) is 0 Å². The second-order valence-electron chi connectivity index (χ2n) is 5.78. The summed E-state index contributed by atoms with van der Waals surface area (Å²) in [5.74, 6) is 0.436. The number of nitrogen functional groups attached to an aromatic ring is 1. The third kappa shape index (κ3) is 2.68. The van der Waals surface area contributed by atoms with E-state index in [2.05, 4.69) is 14.6 Å². The molecule has 1 saturated heterocycles. The van der Waals surface area contributed by atoms with E-state index in [-0.39, 0.29) is 10.8 Å². The number of imidazole rings is 1. The van der Waals surface area contributed by atoms with Gasteiger partial charge in [0.25, 0.3) is 10.0 Å². The number of anilines is 1. The molecule has 20 heavy (non-hydrogen) atoms. The number of aryl methyl sites for hydroxylation is 1. The number of sulfonamides is 1. The first-order valence-electron chi connectivity index (χ1n) is 6.98.